The Hall–Kier alpha value is -0.0152. The summed E-state index contributed by atoms with van der Waals surface area (Å²) in [6, 6.07) is 0. The highest BCUT2D eigenvalue weighted by Crippen LogP contribution is 2.21. The molecule has 1 aliphatic heterocycles. The van der Waals surface area contributed by atoms with Crippen molar-refractivity contribution < 1.29 is 12.9 Å². The van der Waals surface area contributed by atoms with Crippen molar-refractivity contribution in [2.75, 3.05) is 0 Å². The van der Waals surface area contributed by atoms with Crippen LogP contribution in [0.3, 0.4) is 0 Å². The summed E-state index contributed by atoms with van der Waals surface area (Å²) in [4.78, 5) is 0. The molecule has 6 heteroatoms. The first-order chi connectivity index (χ1) is 5.68. The van der Waals surface area contributed by atoms with Crippen LogP contribution in [0.5, 0.6) is 0 Å². The highest BCUT2D eigenvalue weighted by Gasteiger charge is 2.27. The molecule has 0 amide bonds. The van der Waals surface area contributed by atoms with Gasteiger partial charge in [0.1, 0.15) is 0 Å². The molecular formula is C6H12B3F3. The normalized spacial score (nSPS) is 21.8. The van der Waals surface area contributed by atoms with Crippen molar-refractivity contribution in [3.8, 4) is 0 Å². The zero-order valence-corrected chi connectivity index (χ0v) is 7.11. The molecule has 0 nitrogen and oxygen atoms in total. The molecule has 0 bridgehead atoms. The fraction of sp³-hybridized carbons (Fsp3) is 1.00. The second-order valence-corrected chi connectivity index (χ2v) is 3.52. The molecule has 0 aliphatic carbocycles. The standard InChI is InChI=1S/C6H12B3F3/c10-7-1-2-8(11)5-6-9(12)4-3-7/h1-6H2. The van der Waals surface area contributed by atoms with Gasteiger partial charge in [0, 0.05) is 0 Å². The number of rotatable bonds is 0. The molecule has 0 spiro atoms. The van der Waals surface area contributed by atoms with E-state index in [-0.39, 0.29) is 37.9 Å². The molecular weight excluding hydrogens is 161 g/mol. The Morgan fingerprint density at radius 2 is 0.667 bits per heavy atom. The van der Waals surface area contributed by atoms with Crippen LogP contribution < -0.4 is 0 Å². The van der Waals surface area contributed by atoms with Gasteiger partial charge in [-0.3, -0.25) is 0 Å². The third kappa shape index (κ3) is 3.59. The Bertz CT molecular complexity index is 99.4. The quantitative estimate of drug-likeness (QED) is 0.494. The van der Waals surface area contributed by atoms with E-state index in [1.165, 1.54) is 0 Å². The Labute approximate surface area is 72.7 Å². The van der Waals surface area contributed by atoms with Gasteiger partial charge in [-0.15, -0.1) is 0 Å². The van der Waals surface area contributed by atoms with Crippen LogP contribution in [-0.2, 0) is 0 Å². The van der Waals surface area contributed by atoms with E-state index in [1.54, 1.807) is 0 Å². The Morgan fingerprint density at radius 3 is 0.833 bits per heavy atom. The van der Waals surface area contributed by atoms with Gasteiger partial charge >= 0.3 is 21.0 Å². The zero-order valence-electron chi connectivity index (χ0n) is 7.11. The lowest BCUT2D eigenvalue weighted by Crippen LogP contribution is -2.08. The summed E-state index contributed by atoms with van der Waals surface area (Å²) in [5.41, 5.74) is 0. The van der Waals surface area contributed by atoms with Crippen LogP contribution in [0.4, 0.5) is 12.9 Å². The predicted octanol–water partition coefficient (Wildman–Crippen LogP) is 2.88. The van der Waals surface area contributed by atoms with Crippen LogP contribution in [0, 0.1) is 0 Å². The van der Waals surface area contributed by atoms with Crippen LogP contribution in [-0.4, -0.2) is 21.0 Å². The lowest BCUT2D eigenvalue weighted by Gasteiger charge is -2.00. The maximum absolute atomic E-state index is 12.8. The Kier molecular flexibility index (Phi) is 4.09. The summed E-state index contributed by atoms with van der Waals surface area (Å²) < 4.78 is 38.5. The van der Waals surface area contributed by atoms with Crippen molar-refractivity contribution in [1.82, 2.24) is 0 Å². The van der Waals surface area contributed by atoms with Gasteiger partial charge in [0.2, 0.25) is 0 Å². The fourth-order valence-corrected chi connectivity index (χ4v) is 1.52. The van der Waals surface area contributed by atoms with Gasteiger partial charge in [-0.2, -0.15) is 0 Å². The number of hydrogen-bond acceptors (Lipinski definition) is 0. The maximum Gasteiger partial charge on any atom is 0.347 e. The molecule has 0 saturated carbocycles. The topological polar surface area (TPSA) is 0 Å². The second-order valence-electron chi connectivity index (χ2n) is 3.52. The lowest BCUT2D eigenvalue weighted by molar-refractivity contribution is 0.789. The van der Waals surface area contributed by atoms with Crippen molar-refractivity contribution in [3.63, 3.8) is 0 Å². The molecule has 1 saturated heterocycles. The van der Waals surface area contributed by atoms with E-state index < -0.39 is 21.0 Å². The molecule has 0 atom stereocenters. The fourth-order valence-electron chi connectivity index (χ4n) is 1.52. The molecule has 0 aromatic carbocycles. The van der Waals surface area contributed by atoms with Crippen LogP contribution in [0.15, 0.2) is 0 Å². The molecule has 0 radical (unpaired) electrons. The van der Waals surface area contributed by atoms with E-state index in [4.69, 9.17) is 0 Å². The van der Waals surface area contributed by atoms with E-state index in [0.29, 0.717) is 0 Å². The van der Waals surface area contributed by atoms with Gasteiger partial charge in [-0.25, -0.2) is 0 Å². The van der Waals surface area contributed by atoms with Crippen LogP contribution in [0.1, 0.15) is 0 Å². The van der Waals surface area contributed by atoms with Crippen molar-refractivity contribution >= 4 is 21.0 Å². The smallest absolute Gasteiger partial charge is 0.336 e. The first kappa shape index (κ1) is 10.1. The average molecular weight is 174 g/mol. The van der Waals surface area contributed by atoms with E-state index >= 15 is 0 Å². The van der Waals surface area contributed by atoms with Gasteiger partial charge in [0.25, 0.3) is 0 Å². The summed E-state index contributed by atoms with van der Waals surface area (Å²) in [6.07, 6.45) is 1.55. The van der Waals surface area contributed by atoms with Gasteiger partial charge < -0.3 is 12.9 Å². The highest BCUT2D eigenvalue weighted by atomic mass is 19.1. The first-order valence-corrected chi connectivity index (χ1v) is 4.60. The molecule has 12 heavy (non-hydrogen) atoms. The van der Waals surface area contributed by atoms with E-state index in [1.807, 2.05) is 0 Å². The van der Waals surface area contributed by atoms with Crippen LogP contribution >= 0.6 is 0 Å². The average Bonchev–Trinajstić information content (AvgIpc) is 2.11. The summed E-state index contributed by atoms with van der Waals surface area (Å²) in [5.74, 6) is 0. The molecule has 0 aromatic heterocycles. The van der Waals surface area contributed by atoms with Crippen LogP contribution in [0.2, 0.25) is 37.9 Å². The van der Waals surface area contributed by atoms with E-state index in [9.17, 15) is 12.9 Å². The van der Waals surface area contributed by atoms with Crippen molar-refractivity contribution in [2.24, 2.45) is 0 Å². The van der Waals surface area contributed by atoms with Crippen molar-refractivity contribution in [3.05, 3.63) is 0 Å². The monoisotopic (exact) mass is 174 g/mol. The number of hydrogen-bond donors (Lipinski definition) is 0. The van der Waals surface area contributed by atoms with Crippen molar-refractivity contribution in [2.45, 2.75) is 37.9 Å². The number of halogens is 3. The third-order valence-corrected chi connectivity index (χ3v) is 2.38. The summed E-state index contributed by atoms with van der Waals surface area (Å²) in [5, 5.41) is 0. The minimum atomic E-state index is -1.00. The molecule has 0 aromatic rings. The van der Waals surface area contributed by atoms with Gasteiger partial charge in [-0.1, -0.05) is 0 Å². The molecule has 1 heterocycles. The zero-order chi connectivity index (χ0) is 8.97. The molecule has 1 rings (SSSR count). The third-order valence-electron chi connectivity index (χ3n) is 2.38. The summed E-state index contributed by atoms with van der Waals surface area (Å²) in [6.45, 7) is -3.00. The van der Waals surface area contributed by atoms with E-state index in [2.05, 4.69) is 0 Å². The van der Waals surface area contributed by atoms with Gasteiger partial charge in [0.15, 0.2) is 0 Å². The lowest BCUT2D eigenvalue weighted by atomic mass is 9.54. The second kappa shape index (κ2) is 4.88. The van der Waals surface area contributed by atoms with Gasteiger partial charge in [0.05, 0.1) is 0 Å². The van der Waals surface area contributed by atoms with Crippen LogP contribution in [0.25, 0.3) is 0 Å². The minimum absolute atomic E-state index is 0.258. The molecule has 66 valence electrons. The molecule has 1 aliphatic rings. The molecule has 1 fully saturated rings. The SMILES string of the molecule is FB1CCB(F)CCB(F)CC1. The van der Waals surface area contributed by atoms with E-state index in [0.717, 1.165) is 0 Å². The minimum Gasteiger partial charge on any atom is -0.336 e. The Morgan fingerprint density at radius 1 is 0.500 bits per heavy atom. The molecule has 0 unspecified atom stereocenters. The first-order valence-electron chi connectivity index (χ1n) is 4.60. The van der Waals surface area contributed by atoms with Gasteiger partial charge in [-0.05, 0) is 37.9 Å². The molecule has 0 N–H and O–H groups in total. The summed E-state index contributed by atoms with van der Waals surface area (Å²) >= 11 is 0. The van der Waals surface area contributed by atoms with Crippen molar-refractivity contribution in [1.29, 1.82) is 0 Å². The maximum atomic E-state index is 12.8. The Balaban J connectivity index is 2.36. The summed E-state index contributed by atoms with van der Waals surface area (Å²) in [7, 11) is 0. The largest absolute Gasteiger partial charge is 0.347 e. The highest BCUT2D eigenvalue weighted by molar-refractivity contribution is 6.62. The predicted molar refractivity (Wildman–Crippen MR) is 49.4 cm³/mol.